The van der Waals surface area contributed by atoms with Gasteiger partial charge in [0, 0.05) is 4.90 Å². The third-order valence-electron chi connectivity index (χ3n) is 2.47. The summed E-state index contributed by atoms with van der Waals surface area (Å²) in [6.45, 7) is 3.64. The van der Waals surface area contributed by atoms with Crippen molar-refractivity contribution in [3.05, 3.63) is 46.9 Å². The molecule has 90 valence electrons. The third-order valence-corrected chi connectivity index (χ3v) is 4.11. The average molecular weight is 269 g/mol. The molecule has 0 saturated carbocycles. The maximum Gasteiger partial charge on any atom is 0.114 e. The van der Waals surface area contributed by atoms with Gasteiger partial charge in [-0.25, -0.2) is 0 Å². The highest BCUT2D eigenvalue weighted by atomic mass is 35.5. The van der Waals surface area contributed by atoms with E-state index in [-0.39, 0.29) is 0 Å². The lowest BCUT2D eigenvalue weighted by molar-refractivity contribution is 0.199. The molecule has 0 unspecified atom stereocenters. The number of hydrogen-bond acceptors (Lipinski definition) is 3. The Balaban J connectivity index is 2.26. The minimum Gasteiger partial charge on any atom is -0.468 e. The number of aliphatic hydroxyl groups excluding tert-OH is 1. The van der Waals surface area contributed by atoms with Crippen molar-refractivity contribution in [1.82, 2.24) is 0 Å². The Hall–Kier alpha value is -0.900. The SMILES string of the molecule is Cc1occc1Sc1ccc([C@H](C)O)cc1Cl. The molecule has 1 aromatic carbocycles. The Morgan fingerprint density at radius 3 is 2.59 bits per heavy atom. The Labute approximate surface area is 110 Å². The normalized spacial score (nSPS) is 12.7. The molecule has 0 spiro atoms. The van der Waals surface area contributed by atoms with Crippen LogP contribution in [0.3, 0.4) is 0 Å². The average Bonchev–Trinajstić information content (AvgIpc) is 2.67. The minimum absolute atomic E-state index is 0.498. The first-order valence-electron chi connectivity index (χ1n) is 5.27. The van der Waals surface area contributed by atoms with Gasteiger partial charge in [0.15, 0.2) is 0 Å². The Morgan fingerprint density at radius 2 is 2.06 bits per heavy atom. The molecule has 0 amide bonds. The minimum atomic E-state index is -0.498. The number of aliphatic hydroxyl groups is 1. The molecule has 2 nitrogen and oxygen atoms in total. The summed E-state index contributed by atoms with van der Waals surface area (Å²) in [4.78, 5) is 2.01. The highest BCUT2D eigenvalue weighted by Gasteiger charge is 2.09. The summed E-state index contributed by atoms with van der Waals surface area (Å²) in [6.07, 6.45) is 1.16. The Kier molecular flexibility index (Phi) is 3.82. The van der Waals surface area contributed by atoms with Gasteiger partial charge in [0.05, 0.1) is 22.3 Å². The number of aryl methyl sites for hydroxylation is 1. The van der Waals surface area contributed by atoms with Crippen LogP contribution in [0.5, 0.6) is 0 Å². The van der Waals surface area contributed by atoms with Crippen molar-refractivity contribution in [2.75, 3.05) is 0 Å². The molecule has 0 bridgehead atoms. The summed E-state index contributed by atoms with van der Waals surface area (Å²) in [5.74, 6) is 0.880. The summed E-state index contributed by atoms with van der Waals surface area (Å²) in [5.41, 5.74) is 0.822. The van der Waals surface area contributed by atoms with E-state index in [4.69, 9.17) is 16.0 Å². The molecule has 17 heavy (non-hydrogen) atoms. The van der Waals surface area contributed by atoms with Crippen molar-refractivity contribution in [1.29, 1.82) is 0 Å². The summed E-state index contributed by atoms with van der Waals surface area (Å²) >= 11 is 7.74. The summed E-state index contributed by atoms with van der Waals surface area (Å²) < 4.78 is 5.23. The van der Waals surface area contributed by atoms with E-state index in [1.54, 1.807) is 31.0 Å². The third kappa shape index (κ3) is 2.86. The number of rotatable bonds is 3. The molecule has 0 aliphatic carbocycles. The first-order valence-corrected chi connectivity index (χ1v) is 6.47. The molecule has 2 rings (SSSR count). The van der Waals surface area contributed by atoms with Crippen LogP contribution in [0.2, 0.25) is 5.02 Å². The molecule has 4 heteroatoms. The molecular formula is C13H13ClO2S. The first kappa shape index (κ1) is 12.6. The summed E-state index contributed by atoms with van der Waals surface area (Å²) in [6, 6.07) is 7.51. The van der Waals surface area contributed by atoms with Crippen LogP contribution in [0.15, 0.2) is 44.7 Å². The van der Waals surface area contributed by atoms with E-state index in [2.05, 4.69) is 0 Å². The lowest BCUT2D eigenvalue weighted by Crippen LogP contribution is -1.90. The van der Waals surface area contributed by atoms with Gasteiger partial charge in [-0.2, -0.15) is 0 Å². The molecule has 1 atom stereocenters. The fourth-order valence-corrected chi connectivity index (χ4v) is 2.61. The largest absolute Gasteiger partial charge is 0.468 e. The lowest BCUT2D eigenvalue weighted by Gasteiger charge is -2.08. The van der Waals surface area contributed by atoms with E-state index in [0.29, 0.717) is 5.02 Å². The van der Waals surface area contributed by atoms with Gasteiger partial charge in [0.25, 0.3) is 0 Å². The molecule has 0 aliphatic heterocycles. The van der Waals surface area contributed by atoms with Crippen molar-refractivity contribution in [2.45, 2.75) is 29.7 Å². The van der Waals surface area contributed by atoms with Crippen molar-refractivity contribution < 1.29 is 9.52 Å². The molecule has 0 fully saturated rings. The second-order valence-corrected chi connectivity index (χ2v) is 5.30. The molecule has 0 radical (unpaired) electrons. The van der Waals surface area contributed by atoms with Crippen LogP contribution < -0.4 is 0 Å². The van der Waals surface area contributed by atoms with Gasteiger partial charge in [-0.05, 0) is 37.6 Å². The van der Waals surface area contributed by atoms with E-state index >= 15 is 0 Å². The van der Waals surface area contributed by atoms with E-state index in [1.807, 2.05) is 25.1 Å². The standard InChI is InChI=1S/C13H13ClO2S/c1-8(15)10-3-4-13(11(14)7-10)17-12-5-6-16-9(12)2/h3-8,15H,1-2H3/t8-/m0/s1. The van der Waals surface area contributed by atoms with E-state index in [9.17, 15) is 5.11 Å². The van der Waals surface area contributed by atoms with E-state index < -0.39 is 6.10 Å². The predicted molar refractivity (Wildman–Crippen MR) is 69.7 cm³/mol. The maximum atomic E-state index is 9.46. The molecule has 2 aromatic rings. The maximum absolute atomic E-state index is 9.46. The van der Waals surface area contributed by atoms with Crippen molar-refractivity contribution >= 4 is 23.4 Å². The van der Waals surface area contributed by atoms with Crippen LogP contribution in [-0.4, -0.2) is 5.11 Å². The smallest absolute Gasteiger partial charge is 0.114 e. The number of halogens is 1. The van der Waals surface area contributed by atoms with Crippen molar-refractivity contribution in [2.24, 2.45) is 0 Å². The lowest BCUT2D eigenvalue weighted by atomic mass is 10.1. The molecule has 1 heterocycles. The van der Waals surface area contributed by atoms with Gasteiger partial charge in [0.1, 0.15) is 5.76 Å². The van der Waals surface area contributed by atoms with Gasteiger partial charge < -0.3 is 9.52 Å². The Morgan fingerprint density at radius 1 is 1.29 bits per heavy atom. The molecule has 0 saturated heterocycles. The van der Waals surface area contributed by atoms with Gasteiger partial charge in [-0.15, -0.1) is 0 Å². The predicted octanol–water partition coefficient (Wildman–Crippen LogP) is 4.45. The zero-order chi connectivity index (χ0) is 12.4. The van der Waals surface area contributed by atoms with E-state index in [0.717, 1.165) is 21.1 Å². The number of hydrogen-bond donors (Lipinski definition) is 1. The second-order valence-electron chi connectivity index (χ2n) is 3.81. The van der Waals surface area contributed by atoms with Crippen LogP contribution in [0.4, 0.5) is 0 Å². The second kappa shape index (κ2) is 5.17. The molecule has 1 N–H and O–H groups in total. The van der Waals surface area contributed by atoms with Crippen LogP contribution in [0, 0.1) is 6.92 Å². The zero-order valence-electron chi connectivity index (χ0n) is 9.61. The van der Waals surface area contributed by atoms with Crippen molar-refractivity contribution in [3.8, 4) is 0 Å². The number of benzene rings is 1. The van der Waals surface area contributed by atoms with Gasteiger partial charge in [0.2, 0.25) is 0 Å². The highest BCUT2D eigenvalue weighted by Crippen LogP contribution is 2.36. The van der Waals surface area contributed by atoms with Crippen molar-refractivity contribution in [3.63, 3.8) is 0 Å². The van der Waals surface area contributed by atoms with Crippen LogP contribution >= 0.6 is 23.4 Å². The summed E-state index contributed by atoms with van der Waals surface area (Å²) in [5, 5.41) is 10.1. The topological polar surface area (TPSA) is 33.4 Å². The van der Waals surface area contributed by atoms with Crippen LogP contribution in [0.1, 0.15) is 24.4 Å². The quantitative estimate of drug-likeness (QED) is 0.893. The summed E-state index contributed by atoms with van der Waals surface area (Å²) in [7, 11) is 0. The van der Waals surface area contributed by atoms with Crippen LogP contribution in [-0.2, 0) is 0 Å². The van der Waals surface area contributed by atoms with E-state index in [1.165, 1.54) is 0 Å². The highest BCUT2D eigenvalue weighted by molar-refractivity contribution is 7.99. The molecule has 0 aliphatic rings. The first-order chi connectivity index (χ1) is 8.08. The van der Waals surface area contributed by atoms with Gasteiger partial charge in [-0.3, -0.25) is 0 Å². The fraction of sp³-hybridized carbons (Fsp3) is 0.231. The van der Waals surface area contributed by atoms with Gasteiger partial charge in [-0.1, -0.05) is 29.4 Å². The van der Waals surface area contributed by atoms with Gasteiger partial charge >= 0.3 is 0 Å². The van der Waals surface area contributed by atoms with Crippen LogP contribution in [0.25, 0.3) is 0 Å². The molecule has 1 aromatic heterocycles. The Bertz CT molecular complexity index is 520. The fourth-order valence-electron chi connectivity index (χ4n) is 1.46. The number of furan rings is 1. The monoisotopic (exact) mass is 268 g/mol. The molecular weight excluding hydrogens is 256 g/mol. The zero-order valence-corrected chi connectivity index (χ0v) is 11.2.